The molecule has 1 aromatic carbocycles. The summed E-state index contributed by atoms with van der Waals surface area (Å²) < 4.78 is 4.80. The number of benzene rings is 1. The molecule has 0 aromatic heterocycles. The molecule has 0 aliphatic heterocycles. The summed E-state index contributed by atoms with van der Waals surface area (Å²) in [6.07, 6.45) is 0.374. The van der Waals surface area contributed by atoms with Crippen LogP contribution in [0.25, 0.3) is 0 Å². The molecule has 86 valence electrons. The minimum absolute atomic E-state index is 0.0481. The first-order valence-electron chi connectivity index (χ1n) is 4.67. The Kier molecular flexibility index (Phi) is 4.41. The van der Waals surface area contributed by atoms with Crippen LogP contribution in [0.3, 0.4) is 0 Å². The maximum absolute atomic E-state index is 11.3. The Hall–Kier alpha value is -1.95. The van der Waals surface area contributed by atoms with Crippen molar-refractivity contribution in [1.29, 1.82) is 0 Å². The van der Waals surface area contributed by atoms with Gasteiger partial charge >= 0.3 is 5.97 Å². The van der Waals surface area contributed by atoms with Crippen molar-refractivity contribution in [3.63, 3.8) is 0 Å². The number of nitro benzene ring substituents is 1. The molecule has 0 aliphatic carbocycles. The van der Waals surface area contributed by atoms with Crippen molar-refractivity contribution in [3.8, 4) is 0 Å². The van der Waals surface area contributed by atoms with Gasteiger partial charge in [-0.3, -0.25) is 10.1 Å². The van der Waals surface area contributed by atoms with E-state index < -0.39 is 10.9 Å². The van der Waals surface area contributed by atoms with Crippen LogP contribution in [0.5, 0.6) is 0 Å². The van der Waals surface area contributed by atoms with Gasteiger partial charge in [0, 0.05) is 25.2 Å². The third-order valence-corrected chi connectivity index (χ3v) is 1.85. The Balaban J connectivity index is 2.59. The lowest BCUT2D eigenvalue weighted by Crippen LogP contribution is -2.07. The lowest BCUT2D eigenvalue weighted by Gasteiger charge is -2.02. The Labute approximate surface area is 91.6 Å². The zero-order chi connectivity index (χ0) is 12.0. The van der Waals surface area contributed by atoms with Crippen LogP contribution in [-0.4, -0.2) is 29.2 Å². The standard InChI is InChI=1S/C10H11NO5/c12-6-1-7-16-10(13)8-2-4-9(5-3-8)11(14)15/h2-5,12H,1,6-7H2. The minimum Gasteiger partial charge on any atom is -0.462 e. The van der Waals surface area contributed by atoms with Crippen molar-refractivity contribution in [3.05, 3.63) is 39.9 Å². The van der Waals surface area contributed by atoms with Crippen molar-refractivity contribution < 1.29 is 19.6 Å². The van der Waals surface area contributed by atoms with Crippen LogP contribution >= 0.6 is 0 Å². The van der Waals surface area contributed by atoms with E-state index in [1.165, 1.54) is 24.3 Å². The number of carbonyl (C=O) groups is 1. The Morgan fingerprint density at radius 1 is 1.38 bits per heavy atom. The average Bonchev–Trinajstić information content (AvgIpc) is 2.29. The number of aliphatic hydroxyl groups excluding tert-OH is 1. The van der Waals surface area contributed by atoms with E-state index in [9.17, 15) is 14.9 Å². The van der Waals surface area contributed by atoms with E-state index in [1.54, 1.807) is 0 Å². The lowest BCUT2D eigenvalue weighted by atomic mass is 10.2. The summed E-state index contributed by atoms with van der Waals surface area (Å²) in [5.74, 6) is -0.552. The van der Waals surface area contributed by atoms with E-state index in [-0.39, 0.29) is 24.5 Å². The number of non-ortho nitro benzene ring substituents is 1. The predicted octanol–water partition coefficient (Wildman–Crippen LogP) is 1.13. The molecule has 6 heteroatoms. The first-order chi connectivity index (χ1) is 7.65. The van der Waals surface area contributed by atoms with Crippen LogP contribution in [0.1, 0.15) is 16.8 Å². The molecule has 16 heavy (non-hydrogen) atoms. The van der Waals surface area contributed by atoms with Crippen LogP contribution in [0.2, 0.25) is 0 Å². The van der Waals surface area contributed by atoms with Gasteiger partial charge in [-0.25, -0.2) is 4.79 Å². The van der Waals surface area contributed by atoms with Gasteiger partial charge in [-0.15, -0.1) is 0 Å². The van der Waals surface area contributed by atoms with Crippen LogP contribution in [0.4, 0.5) is 5.69 Å². The summed E-state index contributed by atoms with van der Waals surface area (Å²) in [5.41, 5.74) is 0.176. The summed E-state index contributed by atoms with van der Waals surface area (Å²) in [5, 5.41) is 18.8. The molecule has 0 spiro atoms. The van der Waals surface area contributed by atoms with E-state index >= 15 is 0 Å². The number of aliphatic hydroxyl groups is 1. The summed E-state index contributed by atoms with van der Waals surface area (Å²) >= 11 is 0. The quantitative estimate of drug-likeness (QED) is 0.351. The first kappa shape index (κ1) is 12.1. The first-order valence-corrected chi connectivity index (χ1v) is 4.67. The number of nitro groups is 1. The fourth-order valence-corrected chi connectivity index (χ4v) is 1.03. The van der Waals surface area contributed by atoms with Crippen LogP contribution in [-0.2, 0) is 4.74 Å². The van der Waals surface area contributed by atoms with E-state index in [0.717, 1.165) is 0 Å². The van der Waals surface area contributed by atoms with Gasteiger partial charge < -0.3 is 9.84 Å². The third-order valence-electron chi connectivity index (χ3n) is 1.85. The molecule has 1 rings (SSSR count). The molecule has 1 N–H and O–H groups in total. The molecule has 0 bridgehead atoms. The highest BCUT2D eigenvalue weighted by Gasteiger charge is 2.09. The van der Waals surface area contributed by atoms with Crippen LogP contribution in [0, 0.1) is 10.1 Å². The fourth-order valence-electron chi connectivity index (χ4n) is 1.03. The van der Waals surface area contributed by atoms with E-state index in [1.807, 2.05) is 0 Å². The predicted molar refractivity (Wildman–Crippen MR) is 55.1 cm³/mol. The molecule has 0 atom stereocenters. The Morgan fingerprint density at radius 3 is 2.50 bits per heavy atom. The largest absolute Gasteiger partial charge is 0.462 e. The summed E-state index contributed by atoms with van der Waals surface area (Å²) in [6, 6.07) is 5.14. The van der Waals surface area contributed by atoms with Crippen molar-refractivity contribution in [1.82, 2.24) is 0 Å². The summed E-state index contributed by atoms with van der Waals surface area (Å²) in [4.78, 5) is 21.1. The Morgan fingerprint density at radius 2 is 2.00 bits per heavy atom. The molecule has 0 amide bonds. The molecule has 0 radical (unpaired) electrons. The maximum Gasteiger partial charge on any atom is 0.338 e. The molecule has 0 saturated heterocycles. The van der Waals surface area contributed by atoms with E-state index in [2.05, 4.69) is 0 Å². The number of esters is 1. The van der Waals surface area contributed by atoms with Gasteiger partial charge in [0.1, 0.15) is 0 Å². The number of hydrogen-bond donors (Lipinski definition) is 1. The zero-order valence-electron chi connectivity index (χ0n) is 8.46. The average molecular weight is 225 g/mol. The molecule has 0 fully saturated rings. The smallest absolute Gasteiger partial charge is 0.338 e. The van der Waals surface area contributed by atoms with Crippen molar-refractivity contribution in [2.75, 3.05) is 13.2 Å². The highest BCUT2D eigenvalue weighted by molar-refractivity contribution is 5.89. The van der Waals surface area contributed by atoms with Gasteiger partial charge in [-0.05, 0) is 12.1 Å². The second kappa shape index (κ2) is 5.82. The lowest BCUT2D eigenvalue weighted by molar-refractivity contribution is -0.384. The van der Waals surface area contributed by atoms with Gasteiger partial charge in [-0.1, -0.05) is 0 Å². The number of ether oxygens (including phenoxy) is 1. The van der Waals surface area contributed by atoms with Gasteiger partial charge in [0.15, 0.2) is 0 Å². The fraction of sp³-hybridized carbons (Fsp3) is 0.300. The van der Waals surface area contributed by atoms with Gasteiger partial charge in [0.25, 0.3) is 5.69 Å². The number of rotatable bonds is 5. The molecular formula is C10H11NO5. The van der Waals surface area contributed by atoms with Crippen molar-refractivity contribution in [2.45, 2.75) is 6.42 Å². The molecule has 1 aromatic rings. The maximum atomic E-state index is 11.3. The minimum atomic E-state index is -0.552. The normalized spacial score (nSPS) is 9.81. The molecular weight excluding hydrogens is 214 g/mol. The van der Waals surface area contributed by atoms with Gasteiger partial charge in [0.2, 0.25) is 0 Å². The van der Waals surface area contributed by atoms with Crippen LogP contribution < -0.4 is 0 Å². The SMILES string of the molecule is O=C(OCCCO)c1ccc([N+](=O)[O-])cc1. The molecule has 0 heterocycles. The summed E-state index contributed by atoms with van der Waals surface area (Å²) in [7, 11) is 0. The number of hydrogen-bond acceptors (Lipinski definition) is 5. The zero-order valence-corrected chi connectivity index (χ0v) is 8.46. The van der Waals surface area contributed by atoms with Crippen LogP contribution in [0.15, 0.2) is 24.3 Å². The van der Waals surface area contributed by atoms with Crippen molar-refractivity contribution >= 4 is 11.7 Å². The number of carbonyl (C=O) groups excluding carboxylic acids is 1. The highest BCUT2D eigenvalue weighted by Crippen LogP contribution is 2.12. The second-order valence-electron chi connectivity index (χ2n) is 3.02. The monoisotopic (exact) mass is 225 g/mol. The Bertz CT molecular complexity index is 373. The van der Waals surface area contributed by atoms with E-state index in [4.69, 9.17) is 9.84 Å². The highest BCUT2D eigenvalue weighted by atomic mass is 16.6. The summed E-state index contributed by atoms with van der Waals surface area (Å²) in [6.45, 7) is 0.0832. The second-order valence-corrected chi connectivity index (χ2v) is 3.02. The molecule has 0 aliphatic rings. The topological polar surface area (TPSA) is 89.7 Å². The number of nitrogens with zero attached hydrogens (tertiary/aromatic N) is 1. The van der Waals surface area contributed by atoms with Gasteiger partial charge in [0.05, 0.1) is 17.1 Å². The molecule has 0 unspecified atom stereocenters. The van der Waals surface area contributed by atoms with E-state index in [0.29, 0.717) is 6.42 Å². The third kappa shape index (κ3) is 3.32. The van der Waals surface area contributed by atoms with Gasteiger partial charge in [-0.2, -0.15) is 0 Å². The van der Waals surface area contributed by atoms with Crippen molar-refractivity contribution in [2.24, 2.45) is 0 Å². The molecule has 0 saturated carbocycles. The molecule has 6 nitrogen and oxygen atoms in total.